The van der Waals surface area contributed by atoms with Crippen molar-refractivity contribution >= 4 is 27.5 Å². The van der Waals surface area contributed by atoms with E-state index in [1.807, 2.05) is 6.07 Å². The van der Waals surface area contributed by atoms with Gasteiger partial charge in [-0.15, -0.1) is 0 Å². The molecule has 1 aromatic carbocycles. The molecule has 0 amide bonds. The number of aliphatic hydroxyl groups is 1. The molecule has 13 heavy (non-hydrogen) atoms. The molecule has 1 saturated heterocycles. The molecule has 70 valence electrons. The van der Waals surface area contributed by atoms with Crippen LogP contribution < -0.4 is 5.32 Å². The summed E-state index contributed by atoms with van der Waals surface area (Å²) in [5, 5.41) is 13.7. The van der Waals surface area contributed by atoms with Gasteiger partial charge in [-0.3, -0.25) is 0 Å². The van der Waals surface area contributed by atoms with E-state index in [9.17, 15) is 5.11 Å². The van der Waals surface area contributed by atoms with E-state index >= 15 is 0 Å². The van der Waals surface area contributed by atoms with E-state index in [4.69, 9.17) is 11.6 Å². The fourth-order valence-corrected chi connectivity index (χ4v) is 2.47. The lowest BCUT2D eigenvalue weighted by Crippen LogP contribution is -2.56. The van der Waals surface area contributed by atoms with Gasteiger partial charge in [0.05, 0.1) is 0 Å². The number of rotatable bonds is 1. The van der Waals surface area contributed by atoms with Crippen molar-refractivity contribution < 1.29 is 5.11 Å². The Hall–Kier alpha value is -0.0900. The lowest BCUT2D eigenvalue weighted by atomic mass is 9.88. The zero-order valence-corrected chi connectivity index (χ0v) is 9.19. The van der Waals surface area contributed by atoms with E-state index in [-0.39, 0.29) is 0 Å². The van der Waals surface area contributed by atoms with Gasteiger partial charge in [0.1, 0.15) is 5.60 Å². The number of hydrogen-bond donors (Lipinski definition) is 2. The van der Waals surface area contributed by atoms with E-state index < -0.39 is 5.60 Å². The summed E-state index contributed by atoms with van der Waals surface area (Å²) in [6.45, 7) is 1.21. The Morgan fingerprint density at radius 1 is 1.46 bits per heavy atom. The lowest BCUT2D eigenvalue weighted by Gasteiger charge is -2.38. The smallest absolute Gasteiger partial charge is 0.115 e. The van der Waals surface area contributed by atoms with Crippen molar-refractivity contribution in [2.75, 3.05) is 13.1 Å². The third-order valence-electron chi connectivity index (χ3n) is 2.27. The van der Waals surface area contributed by atoms with Crippen LogP contribution in [0.25, 0.3) is 0 Å². The molecule has 1 heterocycles. The fraction of sp³-hybridized carbons (Fsp3) is 0.333. The van der Waals surface area contributed by atoms with Gasteiger partial charge in [-0.1, -0.05) is 33.6 Å². The van der Waals surface area contributed by atoms with Crippen LogP contribution in [0.2, 0.25) is 5.02 Å². The topological polar surface area (TPSA) is 32.3 Å². The highest BCUT2D eigenvalue weighted by Crippen LogP contribution is 2.32. The van der Waals surface area contributed by atoms with E-state index in [2.05, 4.69) is 21.2 Å². The zero-order valence-electron chi connectivity index (χ0n) is 6.85. The van der Waals surface area contributed by atoms with Crippen LogP contribution in [-0.4, -0.2) is 18.2 Å². The molecule has 0 bridgehead atoms. The van der Waals surface area contributed by atoms with E-state index in [1.54, 1.807) is 12.1 Å². The zero-order chi connectivity index (χ0) is 9.47. The molecule has 1 aliphatic heterocycles. The highest BCUT2D eigenvalue weighted by molar-refractivity contribution is 9.10. The third-order valence-corrected chi connectivity index (χ3v) is 3.16. The summed E-state index contributed by atoms with van der Waals surface area (Å²) in [5.41, 5.74) is 0.180. The monoisotopic (exact) mass is 261 g/mol. The summed E-state index contributed by atoms with van der Waals surface area (Å²) in [6.07, 6.45) is 0. The molecule has 1 aromatic rings. The van der Waals surface area contributed by atoms with Crippen LogP contribution >= 0.6 is 27.5 Å². The second-order valence-corrected chi connectivity index (χ2v) is 4.55. The Morgan fingerprint density at radius 2 is 2.15 bits per heavy atom. The molecule has 2 nitrogen and oxygen atoms in total. The minimum Gasteiger partial charge on any atom is -0.382 e. The highest BCUT2D eigenvalue weighted by Gasteiger charge is 2.37. The average Bonchev–Trinajstić information content (AvgIpc) is 2.00. The predicted octanol–water partition coefficient (Wildman–Crippen LogP) is 1.89. The van der Waals surface area contributed by atoms with Crippen molar-refractivity contribution in [2.45, 2.75) is 5.60 Å². The molecule has 4 heteroatoms. The van der Waals surface area contributed by atoms with E-state index in [0.717, 1.165) is 10.0 Å². The van der Waals surface area contributed by atoms with Crippen LogP contribution in [0.5, 0.6) is 0 Å². The van der Waals surface area contributed by atoms with Crippen LogP contribution in [0.15, 0.2) is 22.7 Å². The maximum absolute atomic E-state index is 10.0. The van der Waals surface area contributed by atoms with Crippen molar-refractivity contribution in [3.05, 3.63) is 33.3 Å². The quantitative estimate of drug-likeness (QED) is 0.810. The standard InChI is InChI=1S/C9H9BrClNO/c10-8-3-6(11)1-2-7(8)9(13)4-12-5-9/h1-3,12-13H,4-5H2. The number of halogens is 2. The van der Waals surface area contributed by atoms with Gasteiger partial charge in [-0.05, 0) is 12.1 Å². The summed E-state index contributed by atoms with van der Waals surface area (Å²) >= 11 is 9.19. The SMILES string of the molecule is OC1(c2ccc(Cl)cc2Br)CNC1. The van der Waals surface area contributed by atoms with Gasteiger partial charge < -0.3 is 10.4 Å². The van der Waals surface area contributed by atoms with Crippen LogP contribution in [0.3, 0.4) is 0 Å². The molecule has 0 saturated carbocycles. The molecule has 2 N–H and O–H groups in total. The van der Waals surface area contributed by atoms with Gasteiger partial charge >= 0.3 is 0 Å². The molecule has 2 rings (SSSR count). The first-order valence-electron chi connectivity index (χ1n) is 4.00. The van der Waals surface area contributed by atoms with E-state index in [1.165, 1.54) is 0 Å². The Labute approximate surface area is 90.0 Å². The molecule has 0 radical (unpaired) electrons. The first kappa shape index (κ1) is 9.46. The van der Waals surface area contributed by atoms with Gasteiger partial charge in [-0.25, -0.2) is 0 Å². The number of benzene rings is 1. The second-order valence-electron chi connectivity index (χ2n) is 3.26. The first-order chi connectivity index (χ1) is 6.12. The van der Waals surface area contributed by atoms with Gasteiger partial charge in [-0.2, -0.15) is 0 Å². The number of hydrogen-bond acceptors (Lipinski definition) is 2. The third kappa shape index (κ3) is 1.62. The maximum atomic E-state index is 10.0. The minimum absolute atomic E-state index is 0.604. The summed E-state index contributed by atoms with van der Waals surface area (Å²) in [4.78, 5) is 0. The Balaban J connectivity index is 2.40. The Kier molecular flexibility index (Phi) is 2.36. The maximum Gasteiger partial charge on any atom is 0.115 e. The van der Waals surface area contributed by atoms with Gasteiger partial charge in [0, 0.05) is 28.1 Å². The fourth-order valence-electron chi connectivity index (χ4n) is 1.42. The number of nitrogens with one attached hydrogen (secondary N) is 1. The average molecular weight is 263 g/mol. The van der Waals surface area contributed by atoms with Crippen molar-refractivity contribution in [1.82, 2.24) is 5.32 Å². The second kappa shape index (κ2) is 3.24. The molecule has 0 unspecified atom stereocenters. The van der Waals surface area contributed by atoms with Crippen LogP contribution in [0.4, 0.5) is 0 Å². The van der Waals surface area contributed by atoms with Gasteiger partial charge in [0.25, 0.3) is 0 Å². The summed E-state index contributed by atoms with van der Waals surface area (Å²) in [5.74, 6) is 0. The molecule has 1 fully saturated rings. The molecular formula is C9H9BrClNO. The number of β-amino-alcohol motifs (C(OH)–C–C–N with tert-alkyl or cyclic N) is 1. The summed E-state index contributed by atoms with van der Waals surface area (Å²) < 4.78 is 0.865. The van der Waals surface area contributed by atoms with Crippen molar-refractivity contribution in [2.24, 2.45) is 0 Å². The Bertz CT molecular complexity index is 338. The predicted molar refractivity (Wildman–Crippen MR) is 55.9 cm³/mol. The highest BCUT2D eigenvalue weighted by atomic mass is 79.9. The minimum atomic E-state index is -0.719. The van der Waals surface area contributed by atoms with Crippen LogP contribution in [0.1, 0.15) is 5.56 Å². The van der Waals surface area contributed by atoms with Gasteiger partial charge in [0.15, 0.2) is 0 Å². The molecule has 0 aromatic heterocycles. The lowest BCUT2D eigenvalue weighted by molar-refractivity contribution is -0.0153. The summed E-state index contributed by atoms with van der Waals surface area (Å²) in [6, 6.07) is 5.44. The summed E-state index contributed by atoms with van der Waals surface area (Å²) in [7, 11) is 0. The van der Waals surface area contributed by atoms with Crippen molar-refractivity contribution in [3.63, 3.8) is 0 Å². The van der Waals surface area contributed by atoms with Crippen molar-refractivity contribution in [3.8, 4) is 0 Å². The van der Waals surface area contributed by atoms with Crippen LogP contribution in [-0.2, 0) is 5.60 Å². The normalized spacial score (nSPS) is 19.6. The molecular weight excluding hydrogens is 253 g/mol. The Morgan fingerprint density at radius 3 is 2.62 bits per heavy atom. The molecule has 0 spiro atoms. The first-order valence-corrected chi connectivity index (χ1v) is 5.17. The van der Waals surface area contributed by atoms with Crippen molar-refractivity contribution in [1.29, 1.82) is 0 Å². The van der Waals surface area contributed by atoms with Gasteiger partial charge in [0.2, 0.25) is 0 Å². The largest absolute Gasteiger partial charge is 0.382 e. The molecule has 0 aliphatic carbocycles. The molecule has 1 aliphatic rings. The van der Waals surface area contributed by atoms with E-state index in [0.29, 0.717) is 18.1 Å². The molecule has 0 atom stereocenters. The van der Waals surface area contributed by atoms with Crippen LogP contribution in [0, 0.1) is 0 Å².